The minimum absolute atomic E-state index is 0.577. The number of rotatable bonds is 6. The summed E-state index contributed by atoms with van der Waals surface area (Å²) in [6.45, 7) is 2.52. The molecule has 0 bridgehead atoms. The van der Waals surface area contributed by atoms with Crippen molar-refractivity contribution in [3.63, 3.8) is 0 Å². The summed E-state index contributed by atoms with van der Waals surface area (Å²) in [5.74, 6) is 1.41. The maximum Gasteiger partial charge on any atom is 0.169 e. The van der Waals surface area contributed by atoms with Gasteiger partial charge in [-0.1, -0.05) is 24.3 Å². The summed E-state index contributed by atoms with van der Waals surface area (Å²) in [4.78, 5) is 0. The van der Waals surface area contributed by atoms with Gasteiger partial charge in [0.1, 0.15) is 0 Å². The van der Waals surface area contributed by atoms with Crippen LogP contribution in [-0.4, -0.2) is 19.9 Å². The molecule has 4 nitrogen and oxygen atoms in total. The van der Waals surface area contributed by atoms with Gasteiger partial charge in [-0.25, -0.2) is 0 Å². The van der Waals surface area contributed by atoms with Crippen LogP contribution < -0.4 is 14.9 Å². The molecule has 0 radical (unpaired) electrons. The van der Waals surface area contributed by atoms with Crippen LogP contribution in [0.2, 0.25) is 0 Å². The van der Waals surface area contributed by atoms with Gasteiger partial charge >= 0.3 is 0 Å². The average Bonchev–Trinajstić information content (AvgIpc) is 2.50. The van der Waals surface area contributed by atoms with Gasteiger partial charge in [0.05, 0.1) is 25.6 Å². The Morgan fingerprint density at radius 1 is 1.10 bits per heavy atom. The Bertz CT molecular complexity index is 568. The smallest absolute Gasteiger partial charge is 0.169 e. The highest BCUT2D eigenvalue weighted by Crippen LogP contribution is 2.29. The fourth-order valence-electron chi connectivity index (χ4n) is 1.78. The van der Waals surface area contributed by atoms with E-state index in [1.165, 1.54) is 0 Å². The number of benzene rings is 2. The second-order valence-electron chi connectivity index (χ2n) is 4.05. The third kappa shape index (κ3) is 3.51. The minimum atomic E-state index is 0.577. The lowest BCUT2D eigenvalue weighted by atomic mass is 10.2. The molecule has 2 rings (SSSR count). The zero-order valence-corrected chi connectivity index (χ0v) is 11.7. The molecule has 2 aromatic carbocycles. The van der Waals surface area contributed by atoms with Crippen molar-refractivity contribution in [2.45, 2.75) is 6.92 Å². The summed E-state index contributed by atoms with van der Waals surface area (Å²) in [6, 6.07) is 15.5. The zero-order chi connectivity index (χ0) is 14.2. The topological polar surface area (TPSA) is 42.8 Å². The summed E-state index contributed by atoms with van der Waals surface area (Å²) in [6.07, 6.45) is 1.72. The molecular formula is C16H18N2O2. The lowest BCUT2D eigenvalue weighted by molar-refractivity contribution is 0.310. The molecule has 4 heteroatoms. The largest absolute Gasteiger partial charge is 0.493 e. The summed E-state index contributed by atoms with van der Waals surface area (Å²) in [7, 11) is 1.63. The van der Waals surface area contributed by atoms with E-state index in [2.05, 4.69) is 10.5 Å². The Morgan fingerprint density at radius 2 is 1.90 bits per heavy atom. The van der Waals surface area contributed by atoms with E-state index in [4.69, 9.17) is 9.47 Å². The molecule has 0 aliphatic carbocycles. The fourth-order valence-corrected chi connectivity index (χ4v) is 1.78. The van der Waals surface area contributed by atoms with Crippen LogP contribution in [0.4, 0.5) is 5.69 Å². The Morgan fingerprint density at radius 3 is 2.60 bits per heavy atom. The number of para-hydroxylation sites is 2. The SMILES string of the molecule is CCOc1c(C=NNc2ccccc2)cccc1OC. The van der Waals surface area contributed by atoms with E-state index in [9.17, 15) is 0 Å². The number of methoxy groups -OCH3 is 1. The summed E-state index contributed by atoms with van der Waals surface area (Å²) >= 11 is 0. The van der Waals surface area contributed by atoms with Gasteiger partial charge in [0.25, 0.3) is 0 Å². The van der Waals surface area contributed by atoms with Gasteiger partial charge in [0.15, 0.2) is 11.5 Å². The molecule has 0 aliphatic heterocycles. The summed E-state index contributed by atoms with van der Waals surface area (Å²) < 4.78 is 10.9. The molecule has 0 saturated carbocycles. The van der Waals surface area contributed by atoms with Gasteiger partial charge in [-0.2, -0.15) is 5.10 Å². The number of nitrogens with one attached hydrogen (secondary N) is 1. The van der Waals surface area contributed by atoms with Crippen molar-refractivity contribution < 1.29 is 9.47 Å². The second-order valence-corrected chi connectivity index (χ2v) is 4.05. The Hall–Kier alpha value is -2.49. The molecular weight excluding hydrogens is 252 g/mol. The van der Waals surface area contributed by atoms with Crippen molar-refractivity contribution in [3.8, 4) is 11.5 Å². The molecule has 0 saturated heterocycles. The molecule has 0 fully saturated rings. The molecule has 0 amide bonds. The van der Waals surface area contributed by atoms with E-state index >= 15 is 0 Å². The van der Waals surface area contributed by atoms with Crippen LogP contribution in [0, 0.1) is 0 Å². The van der Waals surface area contributed by atoms with E-state index in [-0.39, 0.29) is 0 Å². The van der Waals surface area contributed by atoms with Gasteiger partial charge in [-0.05, 0) is 31.2 Å². The maximum atomic E-state index is 5.62. The van der Waals surface area contributed by atoms with Crippen molar-refractivity contribution in [3.05, 3.63) is 54.1 Å². The second kappa shape index (κ2) is 7.19. The Kier molecular flexibility index (Phi) is 5.00. The van der Waals surface area contributed by atoms with Crippen molar-refractivity contribution >= 4 is 11.9 Å². The van der Waals surface area contributed by atoms with Crippen LogP contribution in [0.25, 0.3) is 0 Å². The molecule has 0 spiro atoms. The van der Waals surface area contributed by atoms with E-state index < -0.39 is 0 Å². The van der Waals surface area contributed by atoms with E-state index in [0.29, 0.717) is 18.1 Å². The Balaban J connectivity index is 2.16. The van der Waals surface area contributed by atoms with Crippen LogP contribution in [0.5, 0.6) is 11.5 Å². The number of ether oxygens (including phenoxy) is 2. The van der Waals surface area contributed by atoms with Crippen LogP contribution in [0.3, 0.4) is 0 Å². The van der Waals surface area contributed by atoms with Crippen LogP contribution in [-0.2, 0) is 0 Å². The number of hydrogen-bond donors (Lipinski definition) is 1. The molecule has 0 aliphatic rings. The highest BCUT2D eigenvalue weighted by Gasteiger charge is 2.08. The normalized spacial score (nSPS) is 10.5. The number of anilines is 1. The van der Waals surface area contributed by atoms with Crippen molar-refractivity contribution in [2.75, 3.05) is 19.1 Å². The van der Waals surface area contributed by atoms with E-state index in [1.807, 2.05) is 55.5 Å². The third-order valence-corrected chi connectivity index (χ3v) is 2.69. The minimum Gasteiger partial charge on any atom is -0.493 e. The highest BCUT2D eigenvalue weighted by molar-refractivity contribution is 5.85. The van der Waals surface area contributed by atoms with Crippen LogP contribution in [0.1, 0.15) is 12.5 Å². The van der Waals surface area contributed by atoms with Gasteiger partial charge in [-0.3, -0.25) is 5.43 Å². The van der Waals surface area contributed by atoms with Crippen LogP contribution >= 0.6 is 0 Å². The number of hydrazone groups is 1. The standard InChI is InChI=1S/C16H18N2O2/c1-3-20-16-13(8-7-11-15(16)19-2)12-17-18-14-9-5-4-6-10-14/h4-12,18H,3H2,1-2H3. The van der Waals surface area contributed by atoms with Crippen molar-refractivity contribution in [1.82, 2.24) is 0 Å². The molecule has 0 atom stereocenters. The molecule has 2 aromatic rings. The van der Waals surface area contributed by atoms with E-state index in [0.717, 1.165) is 11.3 Å². The molecule has 0 heterocycles. The van der Waals surface area contributed by atoms with Gasteiger partial charge in [-0.15, -0.1) is 0 Å². The predicted molar refractivity (Wildman–Crippen MR) is 81.8 cm³/mol. The fraction of sp³-hybridized carbons (Fsp3) is 0.188. The van der Waals surface area contributed by atoms with E-state index in [1.54, 1.807) is 13.3 Å². The zero-order valence-electron chi connectivity index (χ0n) is 11.7. The molecule has 104 valence electrons. The number of nitrogens with zero attached hydrogens (tertiary/aromatic N) is 1. The quantitative estimate of drug-likeness (QED) is 0.645. The first-order valence-corrected chi connectivity index (χ1v) is 6.49. The Labute approximate surface area is 119 Å². The maximum absolute atomic E-state index is 5.62. The first kappa shape index (κ1) is 13.9. The monoisotopic (exact) mass is 270 g/mol. The molecule has 20 heavy (non-hydrogen) atoms. The third-order valence-electron chi connectivity index (χ3n) is 2.69. The average molecular weight is 270 g/mol. The van der Waals surface area contributed by atoms with Gasteiger partial charge in [0.2, 0.25) is 0 Å². The molecule has 1 N–H and O–H groups in total. The van der Waals surface area contributed by atoms with Crippen molar-refractivity contribution in [2.24, 2.45) is 5.10 Å². The summed E-state index contributed by atoms with van der Waals surface area (Å²) in [5, 5.41) is 4.22. The van der Waals surface area contributed by atoms with Crippen molar-refractivity contribution in [1.29, 1.82) is 0 Å². The predicted octanol–water partition coefficient (Wildman–Crippen LogP) is 3.54. The molecule has 0 unspecified atom stereocenters. The first-order chi connectivity index (χ1) is 9.85. The molecule has 0 aromatic heterocycles. The number of hydrogen-bond acceptors (Lipinski definition) is 4. The first-order valence-electron chi connectivity index (χ1n) is 6.49. The van der Waals surface area contributed by atoms with Gasteiger partial charge < -0.3 is 9.47 Å². The highest BCUT2D eigenvalue weighted by atomic mass is 16.5. The summed E-state index contributed by atoms with van der Waals surface area (Å²) in [5.41, 5.74) is 4.78. The van der Waals surface area contributed by atoms with Crippen LogP contribution in [0.15, 0.2) is 53.6 Å². The van der Waals surface area contributed by atoms with Gasteiger partial charge in [0, 0.05) is 5.56 Å². The lowest BCUT2D eigenvalue weighted by Gasteiger charge is -2.11. The lowest BCUT2D eigenvalue weighted by Crippen LogP contribution is -2.00.